The van der Waals surface area contributed by atoms with Crippen LogP contribution >= 0.6 is 0 Å². The number of furan rings is 1. The number of aromatic nitrogens is 3. The maximum atomic E-state index is 6.92. The van der Waals surface area contributed by atoms with Gasteiger partial charge in [-0.15, -0.1) is 0 Å². The van der Waals surface area contributed by atoms with Crippen LogP contribution in [0.3, 0.4) is 0 Å². The predicted molar refractivity (Wildman–Crippen MR) is 240 cm³/mol. The average Bonchev–Trinajstić information content (AvgIpc) is 3.54. The Morgan fingerprint density at radius 2 is 1.60 bits per heavy atom. The van der Waals surface area contributed by atoms with Gasteiger partial charge in [-0.3, -0.25) is 0 Å². The number of aryl methyl sites for hydroxylation is 2. The summed E-state index contributed by atoms with van der Waals surface area (Å²) < 4.78 is 12.0. The molecular formula is C52H57N3OSi+2. The van der Waals surface area contributed by atoms with Crippen LogP contribution in [0.15, 0.2) is 114 Å². The summed E-state index contributed by atoms with van der Waals surface area (Å²) in [6.07, 6.45) is 8.75. The molecule has 9 rings (SSSR count). The number of benzene rings is 3. The molecule has 0 aliphatic carbocycles. The molecule has 0 saturated heterocycles. The van der Waals surface area contributed by atoms with Crippen LogP contribution in [0.25, 0.3) is 61.4 Å². The number of pyridine rings is 3. The van der Waals surface area contributed by atoms with Gasteiger partial charge in [-0.1, -0.05) is 115 Å². The Morgan fingerprint density at radius 1 is 0.860 bits per heavy atom. The van der Waals surface area contributed by atoms with Crippen LogP contribution in [-0.2, 0) is 12.8 Å². The summed E-state index contributed by atoms with van der Waals surface area (Å²) in [7, 11) is -1.71. The second-order valence-corrected chi connectivity index (χ2v) is 24.4. The quantitative estimate of drug-likeness (QED) is 0.132. The lowest BCUT2D eigenvalue weighted by Gasteiger charge is -2.33. The molecule has 0 spiro atoms. The number of nitrogens with zero attached hydrogens (tertiary/aromatic N) is 3. The van der Waals surface area contributed by atoms with Crippen LogP contribution in [0.2, 0.25) is 19.6 Å². The molecule has 0 saturated carbocycles. The summed E-state index contributed by atoms with van der Waals surface area (Å²) in [6.45, 7) is 26.2. The SMILES string of the molecule is C=C1CC2C(CCc3ccc4c(oc5nc(C(C)C)ccc54)c3-c3cc(-c4ccccc4)c(C)c[n+]31)c1ccccc1-c1cc(CC(C)(C)C)c([Si](C)(C)C)c[n+]12. The highest BCUT2D eigenvalue weighted by Gasteiger charge is 2.44. The van der Waals surface area contributed by atoms with E-state index in [4.69, 9.17) is 16.0 Å². The first kappa shape index (κ1) is 37.4. The van der Waals surface area contributed by atoms with Crippen molar-refractivity contribution in [2.75, 3.05) is 0 Å². The molecule has 4 aromatic heterocycles. The smallest absolute Gasteiger partial charge is 0.227 e. The van der Waals surface area contributed by atoms with Gasteiger partial charge in [-0.25, -0.2) is 4.98 Å². The van der Waals surface area contributed by atoms with Crippen molar-refractivity contribution in [2.24, 2.45) is 5.41 Å². The van der Waals surface area contributed by atoms with Crippen LogP contribution < -0.4 is 14.3 Å². The van der Waals surface area contributed by atoms with Gasteiger partial charge < -0.3 is 4.42 Å². The second kappa shape index (κ2) is 13.8. The van der Waals surface area contributed by atoms with Gasteiger partial charge in [0.1, 0.15) is 0 Å². The third kappa shape index (κ3) is 6.58. The summed E-state index contributed by atoms with van der Waals surface area (Å²) in [4.78, 5) is 5.05. The summed E-state index contributed by atoms with van der Waals surface area (Å²) in [5, 5.41) is 3.75. The molecular weight excluding hydrogens is 711 g/mol. The molecule has 2 atom stereocenters. The maximum absolute atomic E-state index is 6.92. The van der Waals surface area contributed by atoms with Gasteiger partial charge in [-0.05, 0) is 90.1 Å². The van der Waals surface area contributed by atoms with Crippen molar-refractivity contribution in [3.8, 4) is 33.6 Å². The Morgan fingerprint density at radius 3 is 2.33 bits per heavy atom. The normalized spacial score (nSPS) is 16.9. The molecule has 0 bridgehead atoms. The number of rotatable bonds is 4. The van der Waals surface area contributed by atoms with Crippen molar-refractivity contribution in [2.45, 2.75) is 105 Å². The molecule has 4 nitrogen and oxygen atoms in total. The second-order valence-electron chi connectivity index (χ2n) is 19.4. The first-order chi connectivity index (χ1) is 27.2. The summed E-state index contributed by atoms with van der Waals surface area (Å²) >= 11 is 0. The van der Waals surface area contributed by atoms with Crippen LogP contribution in [0.5, 0.6) is 0 Å². The van der Waals surface area contributed by atoms with Gasteiger partial charge in [0.15, 0.2) is 29.7 Å². The summed E-state index contributed by atoms with van der Waals surface area (Å²) in [6, 6.07) is 34.2. The van der Waals surface area contributed by atoms with Crippen LogP contribution in [0.4, 0.5) is 0 Å². The predicted octanol–water partition coefficient (Wildman–Crippen LogP) is 12.3. The van der Waals surface area contributed by atoms with E-state index in [2.05, 4.69) is 174 Å². The first-order valence-corrected chi connectivity index (χ1v) is 24.5. The van der Waals surface area contributed by atoms with E-state index in [1.54, 1.807) is 5.19 Å². The fourth-order valence-corrected chi connectivity index (χ4v) is 11.5. The van der Waals surface area contributed by atoms with E-state index in [0.717, 1.165) is 64.7 Å². The molecule has 7 aromatic rings. The third-order valence-corrected chi connectivity index (χ3v) is 14.6. The van der Waals surface area contributed by atoms with Crippen LogP contribution in [-0.4, -0.2) is 13.1 Å². The Hall–Kier alpha value is -5.13. The van der Waals surface area contributed by atoms with Crippen molar-refractivity contribution in [3.05, 3.63) is 138 Å². The van der Waals surface area contributed by atoms with Crippen molar-refractivity contribution in [3.63, 3.8) is 0 Å². The lowest BCUT2D eigenvalue weighted by Crippen LogP contribution is -2.54. The largest absolute Gasteiger partial charge is 0.437 e. The van der Waals surface area contributed by atoms with E-state index < -0.39 is 8.07 Å². The summed E-state index contributed by atoms with van der Waals surface area (Å²) in [5.41, 5.74) is 16.9. The minimum atomic E-state index is -1.71. The van der Waals surface area contributed by atoms with Gasteiger partial charge in [0, 0.05) is 50.8 Å². The Bertz CT molecular complexity index is 2730. The van der Waals surface area contributed by atoms with E-state index >= 15 is 0 Å². The third-order valence-electron chi connectivity index (χ3n) is 12.5. The average molecular weight is 768 g/mol. The first-order valence-electron chi connectivity index (χ1n) is 21.0. The zero-order chi connectivity index (χ0) is 40.0. The number of hydrogen-bond donors (Lipinski definition) is 0. The van der Waals surface area contributed by atoms with Gasteiger partial charge in [0.25, 0.3) is 0 Å². The monoisotopic (exact) mass is 767 g/mol. The van der Waals surface area contributed by atoms with Gasteiger partial charge in [-0.2, -0.15) is 9.13 Å². The van der Waals surface area contributed by atoms with Gasteiger partial charge in [0.05, 0.1) is 20.1 Å². The number of allylic oxidation sites excluding steroid dienone is 1. The molecule has 0 fully saturated rings. The minimum absolute atomic E-state index is 0.191. The van der Waals surface area contributed by atoms with Crippen molar-refractivity contribution in [1.82, 2.24) is 4.98 Å². The topological polar surface area (TPSA) is 33.8 Å². The fourth-order valence-electron chi connectivity index (χ4n) is 9.81. The van der Waals surface area contributed by atoms with Crippen molar-refractivity contribution >= 4 is 41.0 Å². The molecule has 2 aliphatic heterocycles. The van der Waals surface area contributed by atoms with E-state index in [1.165, 1.54) is 44.6 Å². The highest BCUT2D eigenvalue weighted by molar-refractivity contribution is 6.89. The van der Waals surface area contributed by atoms with Gasteiger partial charge >= 0.3 is 0 Å². The highest BCUT2D eigenvalue weighted by atomic mass is 28.3. The highest BCUT2D eigenvalue weighted by Crippen LogP contribution is 2.46. The zero-order valence-electron chi connectivity index (χ0n) is 35.3. The molecule has 0 N–H and O–H groups in total. The van der Waals surface area contributed by atoms with E-state index in [1.807, 2.05) is 0 Å². The molecule has 5 heteroatoms. The van der Waals surface area contributed by atoms with E-state index in [9.17, 15) is 0 Å². The zero-order valence-corrected chi connectivity index (χ0v) is 36.3. The Kier molecular flexibility index (Phi) is 9.04. The Balaban J connectivity index is 1.30. The molecule has 2 unspecified atom stereocenters. The molecule has 288 valence electrons. The van der Waals surface area contributed by atoms with Crippen molar-refractivity contribution in [1.29, 1.82) is 0 Å². The molecule has 3 aromatic carbocycles. The minimum Gasteiger partial charge on any atom is -0.437 e. The lowest BCUT2D eigenvalue weighted by atomic mass is 9.77. The molecule has 0 amide bonds. The summed E-state index contributed by atoms with van der Waals surface area (Å²) in [5.74, 6) is 0.618. The fraction of sp³-hybridized carbons (Fsp3) is 0.327. The number of fused-ring (bicyclic) bond motifs is 13. The van der Waals surface area contributed by atoms with Crippen LogP contribution in [0.1, 0.15) is 93.3 Å². The van der Waals surface area contributed by atoms with E-state index in [-0.39, 0.29) is 11.5 Å². The Labute approximate surface area is 340 Å². The van der Waals surface area contributed by atoms with Crippen LogP contribution in [0, 0.1) is 12.3 Å². The standard InChI is InChI=1S/C52H57N3OSi/c1-32(2)44-25-24-42-41-23-21-36-20-22-40-38-18-14-15-19-39(38)46-27-37(29-52(5,6)7)48(57(8,9)10)31-55(46)45(40)26-34(4)54-30-33(3)43(35-16-12-11-13-17-35)28-47(54)49(36)50(41)56-51(42)53-44/h11-19,21,23-25,27-28,30-32,40,45H,4,20,22,26,29H2,1-3,5-10H3/q+2. The molecule has 6 heterocycles. The van der Waals surface area contributed by atoms with E-state index in [0.29, 0.717) is 17.5 Å². The molecule has 57 heavy (non-hydrogen) atoms. The lowest BCUT2D eigenvalue weighted by molar-refractivity contribution is -0.719. The molecule has 2 aliphatic rings. The van der Waals surface area contributed by atoms with Gasteiger partial charge in [0.2, 0.25) is 17.1 Å². The van der Waals surface area contributed by atoms with Crippen molar-refractivity contribution < 1.29 is 13.6 Å². The number of hydrogen-bond acceptors (Lipinski definition) is 2. The maximum Gasteiger partial charge on any atom is 0.227 e. The molecule has 0 radical (unpaired) electrons.